The maximum atomic E-state index is 14.4. The molecule has 1 saturated heterocycles. The van der Waals surface area contributed by atoms with Crippen molar-refractivity contribution in [3.8, 4) is 11.1 Å². The number of fused-ring (bicyclic) bond motifs is 1. The van der Waals surface area contributed by atoms with E-state index in [2.05, 4.69) is 23.7 Å². The molecule has 1 aliphatic rings. The molecule has 10 heteroatoms. The minimum atomic E-state index is -0.989. The van der Waals surface area contributed by atoms with Gasteiger partial charge in [-0.05, 0) is 81.5 Å². The third kappa shape index (κ3) is 5.70. The summed E-state index contributed by atoms with van der Waals surface area (Å²) in [5.74, 6) is -0.609. The summed E-state index contributed by atoms with van der Waals surface area (Å²) in [6.07, 6.45) is 1.98. The Kier molecular flexibility index (Phi) is 7.98. The number of anilines is 1. The minimum absolute atomic E-state index is 0.0680. The van der Waals surface area contributed by atoms with Crippen molar-refractivity contribution >= 4 is 40.3 Å². The first-order valence-corrected chi connectivity index (χ1v) is 14.8. The number of carbonyl (C=O) groups excluding carboxylic acids is 1. The van der Waals surface area contributed by atoms with E-state index in [4.69, 9.17) is 16.6 Å². The molecule has 4 aromatic rings. The summed E-state index contributed by atoms with van der Waals surface area (Å²) >= 11 is 5.96. The average molecular weight is 606 g/mol. The predicted molar refractivity (Wildman–Crippen MR) is 168 cm³/mol. The number of pyridine rings is 2. The molecule has 0 atom stereocenters. The average Bonchev–Trinajstić information content (AvgIpc) is 3.26. The van der Waals surface area contributed by atoms with E-state index in [1.54, 1.807) is 32.0 Å². The van der Waals surface area contributed by atoms with Crippen LogP contribution in [-0.4, -0.2) is 61.6 Å². The number of aromatic carboxylic acids is 1. The second kappa shape index (κ2) is 11.3. The van der Waals surface area contributed by atoms with Crippen LogP contribution in [0.3, 0.4) is 0 Å². The summed E-state index contributed by atoms with van der Waals surface area (Å²) in [4.78, 5) is 39.2. The fraction of sp³-hybridized carbons (Fsp3) is 0.394. The number of piperazine rings is 1. The number of halogens is 2. The number of rotatable bonds is 6. The predicted octanol–water partition coefficient (Wildman–Crippen LogP) is 6.91. The summed E-state index contributed by atoms with van der Waals surface area (Å²) < 4.78 is 16.5. The molecule has 1 fully saturated rings. The maximum absolute atomic E-state index is 14.4. The topological polar surface area (TPSA) is 91.6 Å². The Bertz CT molecular complexity index is 1740. The Morgan fingerprint density at radius 1 is 1.07 bits per heavy atom. The number of amides is 1. The Morgan fingerprint density at radius 2 is 1.79 bits per heavy atom. The summed E-state index contributed by atoms with van der Waals surface area (Å²) in [5, 5.41) is 10.5. The number of nitrogens with zero attached hydrogens (tertiary/aromatic N) is 5. The number of aryl methyl sites for hydroxylation is 3. The van der Waals surface area contributed by atoms with Crippen molar-refractivity contribution in [2.45, 2.75) is 60.5 Å². The highest BCUT2D eigenvalue weighted by atomic mass is 35.5. The second-order valence-electron chi connectivity index (χ2n) is 12.5. The highest BCUT2D eigenvalue weighted by Crippen LogP contribution is 2.35. The smallest absolute Gasteiger partial charge is 0.337 e. The van der Waals surface area contributed by atoms with Gasteiger partial charge in [-0.1, -0.05) is 31.5 Å². The first-order valence-electron chi connectivity index (χ1n) is 14.4. The molecule has 0 unspecified atom stereocenters. The van der Waals surface area contributed by atoms with Gasteiger partial charge in [0.15, 0.2) is 0 Å². The third-order valence-corrected chi connectivity index (χ3v) is 8.41. The van der Waals surface area contributed by atoms with E-state index in [1.807, 2.05) is 42.5 Å². The van der Waals surface area contributed by atoms with Gasteiger partial charge in [0.25, 0.3) is 5.91 Å². The SMILES string of the molecule is Cc1cc(N2CCN(C(=O)c3cc(C)c4c(-c5ccc(Cl)c(F)c5)cn(CC(C)C)c4n3)C(C)(C)C2)nc(C)c1C(=O)O. The third-order valence-electron chi connectivity index (χ3n) is 8.10. The van der Waals surface area contributed by atoms with Crippen molar-refractivity contribution in [2.24, 2.45) is 5.92 Å². The summed E-state index contributed by atoms with van der Waals surface area (Å²) in [6, 6.07) is 8.41. The van der Waals surface area contributed by atoms with Gasteiger partial charge in [-0.25, -0.2) is 19.2 Å². The van der Waals surface area contributed by atoms with Gasteiger partial charge >= 0.3 is 5.97 Å². The van der Waals surface area contributed by atoms with Gasteiger partial charge in [0.05, 0.1) is 21.8 Å². The highest BCUT2D eigenvalue weighted by molar-refractivity contribution is 6.30. The lowest BCUT2D eigenvalue weighted by atomic mass is 9.97. The van der Waals surface area contributed by atoms with Crippen LogP contribution in [0.4, 0.5) is 10.2 Å². The molecule has 0 bridgehead atoms. The Balaban J connectivity index is 1.49. The number of carboxylic acids is 1. The molecule has 1 N–H and O–H groups in total. The van der Waals surface area contributed by atoms with Gasteiger partial charge in [0.2, 0.25) is 0 Å². The molecular formula is C33H37ClFN5O3. The molecule has 0 spiro atoms. The van der Waals surface area contributed by atoms with E-state index in [0.717, 1.165) is 16.5 Å². The maximum Gasteiger partial charge on any atom is 0.337 e. The van der Waals surface area contributed by atoms with E-state index in [0.29, 0.717) is 66.1 Å². The number of benzene rings is 1. The lowest BCUT2D eigenvalue weighted by molar-refractivity contribution is 0.0507. The van der Waals surface area contributed by atoms with Gasteiger partial charge in [-0.15, -0.1) is 0 Å². The van der Waals surface area contributed by atoms with Gasteiger partial charge in [-0.2, -0.15) is 0 Å². The van der Waals surface area contributed by atoms with Crippen LogP contribution in [-0.2, 0) is 6.54 Å². The summed E-state index contributed by atoms with van der Waals surface area (Å²) in [5.41, 5.74) is 4.27. The Morgan fingerprint density at radius 3 is 2.40 bits per heavy atom. The van der Waals surface area contributed by atoms with Crippen LogP contribution in [0, 0.1) is 32.5 Å². The van der Waals surface area contributed by atoms with Crippen LogP contribution < -0.4 is 4.90 Å². The molecule has 8 nitrogen and oxygen atoms in total. The number of carbonyl (C=O) groups is 2. The minimum Gasteiger partial charge on any atom is -0.478 e. The first-order chi connectivity index (χ1) is 20.2. The van der Waals surface area contributed by atoms with Gasteiger partial charge < -0.3 is 19.5 Å². The fourth-order valence-electron chi connectivity index (χ4n) is 6.16. The van der Waals surface area contributed by atoms with Crippen LogP contribution in [0.25, 0.3) is 22.2 Å². The molecule has 1 amide bonds. The molecule has 0 radical (unpaired) electrons. The monoisotopic (exact) mass is 605 g/mol. The van der Waals surface area contributed by atoms with Crippen LogP contribution in [0.15, 0.2) is 36.5 Å². The van der Waals surface area contributed by atoms with Crippen molar-refractivity contribution in [1.82, 2.24) is 19.4 Å². The summed E-state index contributed by atoms with van der Waals surface area (Å²) in [7, 11) is 0. The van der Waals surface area contributed by atoms with E-state index >= 15 is 0 Å². The van der Waals surface area contributed by atoms with Crippen molar-refractivity contribution < 1.29 is 19.1 Å². The van der Waals surface area contributed by atoms with Crippen LogP contribution in [0.1, 0.15) is 65.4 Å². The molecule has 3 aromatic heterocycles. The van der Waals surface area contributed by atoms with E-state index in [1.165, 1.54) is 6.07 Å². The summed E-state index contributed by atoms with van der Waals surface area (Å²) in [6.45, 7) is 15.9. The molecule has 0 saturated carbocycles. The number of aromatic nitrogens is 3. The largest absolute Gasteiger partial charge is 0.478 e. The first kappa shape index (κ1) is 30.5. The van der Waals surface area contributed by atoms with E-state index in [-0.39, 0.29) is 16.5 Å². The molecular weight excluding hydrogens is 569 g/mol. The van der Waals surface area contributed by atoms with Crippen molar-refractivity contribution in [3.63, 3.8) is 0 Å². The molecule has 1 aliphatic heterocycles. The zero-order chi connectivity index (χ0) is 31.4. The molecule has 1 aromatic carbocycles. The molecule has 43 heavy (non-hydrogen) atoms. The quantitative estimate of drug-likeness (QED) is 0.257. The number of hydrogen-bond acceptors (Lipinski definition) is 5. The van der Waals surface area contributed by atoms with Gasteiger partial charge in [0, 0.05) is 43.3 Å². The normalized spacial score (nSPS) is 15.0. The lowest BCUT2D eigenvalue weighted by Gasteiger charge is -2.47. The molecule has 4 heterocycles. The molecule has 5 rings (SSSR count). The van der Waals surface area contributed by atoms with Crippen LogP contribution in [0.2, 0.25) is 5.02 Å². The second-order valence-corrected chi connectivity index (χ2v) is 12.9. The van der Waals surface area contributed by atoms with Crippen LogP contribution in [0.5, 0.6) is 0 Å². The highest BCUT2D eigenvalue weighted by Gasteiger charge is 2.38. The standard InChI is InChI=1S/C33H37ClFN5O3/c1-18(2)15-39-16-23(22-8-9-24(34)25(35)14-22)29-19(3)12-26(37-30(29)39)31(41)40-11-10-38(17-33(40,6)7)27-13-20(4)28(32(42)43)21(5)36-27/h8-9,12-14,16,18H,10-11,15,17H2,1-7H3,(H,42,43). The van der Waals surface area contributed by atoms with Crippen LogP contribution >= 0.6 is 11.6 Å². The Labute approximate surface area is 256 Å². The molecule has 0 aliphatic carbocycles. The van der Waals surface area contributed by atoms with Gasteiger partial charge in [0.1, 0.15) is 23.0 Å². The van der Waals surface area contributed by atoms with E-state index < -0.39 is 17.3 Å². The molecule has 226 valence electrons. The van der Waals surface area contributed by atoms with Crippen molar-refractivity contribution in [3.05, 3.63) is 75.4 Å². The number of hydrogen-bond donors (Lipinski definition) is 1. The van der Waals surface area contributed by atoms with E-state index in [9.17, 15) is 19.1 Å². The van der Waals surface area contributed by atoms with Crippen molar-refractivity contribution in [1.29, 1.82) is 0 Å². The lowest BCUT2D eigenvalue weighted by Crippen LogP contribution is -2.61. The van der Waals surface area contributed by atoms with Crippen molar-refractivity contribution in [2.75, 3.05) is 24.5 Å². The fourth-order valence-corrected chi connectivity index (χ4v) is 6.28. The zero-order valence-corrected chi connectivity index (χ0v) is 26.4. The number of carboxylic acid groups (broad SMARTS) is 1. The van der Waals surface area contributed by atoms with Gasteiger partial charge in [-0.3, -0.25) is 4.79 Å². The zero-order valence-electron chi connectivity index (χ0n) is 25.6. The Hall–Kier alpha value is -3.98.